The number of ketones is 1. The highest BCUT2D eigenvalue weighted by molar-refractivity contribution is 6.03. The molecule has 0 aliphatic heterocycles. The van der Waals surface area contributed by atoms with Gasteiger partial charge in [0.25, 0.3) is 0 Å². The van der Waals surface area contributed by atoms with Crippen molar-refractivity contribution in [2.75, 3.05) is 20.6 Å². The van der Waals surface area contributed by atoms with Gasteiger partial charge in [0.05, 0.1) is 18.5 Å². The number of amides is 2. The van der Waals surface area contributed by atoms with Crippen LogP contribution in [-0.2, 0) is 28.7 Å². The Bertz CT molecular complexity index is 1430. The second kappa shape index (κ2) is 13.5. The van der Waals surface area contributed by atoms with Crippen LogP contribution in [0.2, 0.25) is 0 Å². The summed E-state index contributed by atoms with van der Waals surface area (Å²) in [5.74, 6) is 1.37. The van der Waals surface area contributed by atoms with Crippen molar-refractivity contribution in [3.05, 3.63) is 11.1 Å². The van der Waals surface area contributed by atoms with Crippen LogP contribution in [0, 0.1) is 51.8 Å². The largest absolute Gasteiger partial charge is 0.462 e. The molecule has 4 saturated carbocycles. The highest BCUT2D eigenvalue weighted by Crippen LogP contribution is 2.70. The molecule has 0 bridgehead atoms. The molecule has 0 radical (unpaired) electrons. The van der Waals surface area contributed by atoms with Crippen molar-refractivity contribution in [1.82, 2.24) is 15.5 Å². The first-order valence-corrected chi connectivity index (χ1v) is 19.3. The third kappa shape index (κ3) is 6.74. The van der Waals surface area contributed by atoms with Crippen LogP contribution in [0.4, 0.5) is 0 Å². The number of esters is 1. The number of aldehydes is 1. The Labute approximate surface area is 300 Å². The molecule has 50 heavy (non-hydrogen) atoms. The van der Waals surface area contributed by atoms with Crippen molar-refractivity contribution in [2.24, 2.45) is 51.8 Å². The fourth-order valence-electron chi connectivity index (χ4n) is 11.9. The Morgan fingerprint density at radius 2 is 1.58 bits per heavy atom. The number of hydrogen-bond acceptors (Lipinski definition) is 7. The predicted molar refractivity (Wildman–Crippen MR) is 194 cm³/mol. The average Bonchev–Trinajstić information content (AvgIpc) is 3.29. The van der Waals surface area contributed by atoms with Crippen LogP contribution in [0.5, 0.6) is 0 Å². The van der Waals surface area contributed by atoms with Crippen LogP contribution in [0.1, 0.15) is 127 Å². The monoisotopic (exact) mass is 695 g/mol. The number of hydrogen-bond donors (Lipinski definition) is 2. The van der Waals surface area contributed by atoms with E-state index in [1.165, 1.54) is 5.57 Å². The van der Waals surface area contributed by atoms with Gasteiger partial charge < -0.3 is 25.1 Å². The molecule has 0 aromatic heterocycles. The van der Waals surface area contributed by atoms with Crippen molar-refractivity contribution in [2.45, 2.75) is 144 Å². The molecule has 280 valence electrons. The van der Waals surface area contributed by atoms with Crippen molar-refractivity contribution in [1.29, 1.82) is 0 Å². The van der Waals surface area contributed by atoms with Gasteiger partial charge in [0.2, 0.25) is 11.8 Å². The molecule has 9 nitrogen and oxygen atoms in total. The summed E-state index contributed by atoms with van der Waals surface area (Å²) < 4.78 is 6.08. The highest BCUT2D eigenvalue weighted by atomic mass is 16.5. The van der Waals surface area contributed by atoms with E-state index in [0.29, 0.717) is 24.2 Å². The van der Waals surface area contributed by atoms with Gasteiger partial charge in [-0.2, -0.15) is 0 Å². The van der Waals surface area contributed by atoms with Gasteiger partial charge in [-0.25, -0.2) is 0 Å². The van der Waals surface area contributed by atoms with E-state index in [0.717, 1.165) is 63.2 Å². The van der Waals surface area contributed by atoms with Crippen LogP contribution < -0.4 is 10.6 Å². The average molecular weight is 696 g/mol. The van der Waals surface area contributed by atoms with Crippen LogP contribution in [-0.4, -0.2) is 72.6 Å². The van der Waals surface area contributed by atoms with Gasteiger partial charge in [0.15, 0.2) is 5.78 Å². The number of nitrogens with one attached hydrogen (secondary N) is 2. The van der Waals surface area contributed by atoms with E-state index in [-0.39, 0.29) is 71.2 Å². The molecule has 2 N–H and O–H groups in total. The zero-order chi connectivity index (χ0) is 37.2. The number of likely N-dealkylation sites (N-methyl/N-ethyl adjacent to an activating group) is 1. The van der Waals surface area contributed by atoms with Crippen LogP contribution in [0.3, 0.4) is 0 Å². The van der Waals surface area contributed by atoms with Crippen molar-refractivity contribution in [3.8, 4) is 0 Å². The molecule has 9 heteroatoms. The molecule has 0 aromatic carbocycles. The quantitative estimate of drug-likeness (QED) is 0.211. The maximum Gasteiger partial charge on any atom is 0.307 e. The van der Waals surface area contributed by atoms with Gasteiger partial charge in [-0.05, 0) is 137 Å². The van der Waals surface area contributed by atoms with Crippen LogP contribution >= 0.6 is 0 Å². The zero-order valence-corrected chi connectivity index (χ0v) is 32.8. The minimum Gasteiger partial charge on any atom is -0.462 e. The molecule has 9 unspecified atom stereocenters. The summed E-state index contributed by atoms with van der Waals surface area (Å²) in [6.45, 7) is 18.8. The highest BCUT2D eigenvalue weighted by Gasteiger charge is 2.65. The summed E-state index contributed by atoms with van der Waals surface area (Å²) in [4.78, 5) is 66.7. The summed E-state index contributed by atoms with van der Waals surface area (Å²) in [5.41, 5.74) is -0.225. The van der Waals surface area contributed by atoms with Gasteiger partial charge in [0, 0.05) is 11.8 Å². The normalized spacial score (nSPS) is 37.0. The standard InChI is InChI=1S/C41H65N3O6/c1-24(2)34-29(46)20-41(43-36(49)38(6,7)42-32(47)22-44(10)11)19-15-28-26(35(34)41)12-13-31-39(8)18-16-30(50-33(48)21-37(4,5)23-45)25(3)27(39)14-17-40(28,31)9/h23-28,30-31H,12-22H2,1-11H3,(H,42,47)(H,43,49). The lowest BCUT2D eigenvalue weighted by Crippen LogP contribution is -2.65. The molecule has 5 aliphatic rings. The molecule has 9 atom stereocenters. The third-order valence-corrected chi connectivity index (χ3v) is 14.2. The van der Waals surface area contributed by atoms with E-state index in [1.807, 2.05) is 14.1 Å². The van der Waals surface area contributed by atoms with Gasteiger partial charge in [-0.15, -0.1) is 0 Å². The molecule has 0 aromatic rings. The maximum atomic E-state index is 14.0. The van der Waals surface area contributed by atoms with Crippen molar-refractivity contribution >= 4 is 29.9 Å². The number of nitrogens with zero attached hydrogens (tertiary/aromatic N) is 1. The van der Waals surface area contributed by atoms with Gasteiger partial charge in [-0.3, -0.25) is 19.2 Å². The number of ether oxygens (including phenoxy) is 1. The van der Waals surface area contributed by atoms with Crippen molar-refractivity contribution < 1.29 is 28.7 Å². The Balaban J connectivity index is 1.39. The first-order valence-electron chi connectivity index (χ1n) is 19.3. The smallest absolute Gasteiger partial charge is 0.307 e. The Morgan fingerprint density at radius 3 is 2.20 bits per heavy atom. The molecule has 5 aliphatic carbocycles. The Hall–Kier alpha value is -2.55. The molecule has 4 fully saturated rings. The second-order valence-electron chi connectivity index (χ2n) is 19.3. The van der Waals surface area contributed by atoms with E-state index in [9.17, 15) is 24.0 Å². The fourth-order valence-corrected chi connectivity index (χ4v) is 11.9. The number of rotatable bonds is 10. The summed E-state index contributed by atoms with van der Waals surface area (Å²) >= 11 is 0. The number of Topliss-reactive ketones (excluding diaryl/α,β-unsaturated/α-hetero) is 1. The SMILES string of the molecule is CC(C)C1=C2C3CCC4C(C)(CCC5C(C)C(OC(=O)CC(C)(C)C=O)CCC54C)C3CCC2(NC(=O)C(C)(C)NC(=O)CN(C)C)CC1=O. The third-order valence-electron chi connectivity index (χ3n) is 14.2. The van der Waals surface area contributed by atoms with Gasteiger partial charge in [-0.1, -0.05) is 48.5 Å². The van der Waals surface area contributed by atoms with Gasteiger partial charge >= 0.3 is 5.97 Å². The lowest BCUT2D eigenvalue weighted by molar-refractivity contribution is -0.190. The molecule has 0 spiro atoms. The predicted octanol–water partition coefficient (Wildman–Crippen LogP) is 6.04. The second-order valence-corrected chi connectivity index (χ2v) is 19.3. The van der Waals surface area contributed by atoms with E-state index in [1.54, 1.807) is 32.6 Å². The minimum absolute atomic E-state index is 0.0672. The van der Waals surface area contributed by atoms with E-state index in [2.05, 4.69) is 45.3 Å². The lowest BCUT2D eigenvalue weighted by Gasteiger charge is -2.67. The molecule has 0 saturated heterocycles. The summed E-state index contributed by atoms with van der Waals surface area (Å²) in [5, 5.41) is 6.34. The molecule has 0 heterocycles. The molecular formula is C41H65N3O6. The van der Waals surface area contributed by atoms with Crippen molar-refractivity contribution in [3.63, 3.8) is 0 Å². The number of carbonyl (C=O) groups is 5. The Kier molecular flexibility index (Phi) is 10.4. The summed E-state index contributed by atoms with van der Waals surface area (Å²) in [6, 6.07) is 0. The van der Waals surface area contributed by atoms with E-state index >= 15 is 0 Å². The van der Waals surface area contributed by atoms with E-state index < -0.39 is 16.5 Å². The zero-order valence-electron chi connectivity index (χ0n) is 32.8. The van der Waals surface area contributed by atoms with Gasteiger partial charge in [0.1, 0.15) is 17.9 Å². The summed E-state index contributed by atoms with van der Waals surface area (Å²) in [6.07, 6.45) is 8.93. The maximum absolute atomic E-state index is 14.0. The molecule has 2 amide bonds. The lowest BCUT2D eigenvalue weighted by atomic mass is 9.38. The minimum atomic E-state index is -1.13. The Morgan fingerprint density at radius 1 is 0.960 bits per heavy atom. The first kappa shape index (κ1) is 38.7. The number of carbonyl (C=O) groups excluding carboxylic acids is 5. The topological polar surface area (TPSA) is 122 Å². The molecular weight excluding hydrogens is 630 g/mol. The summed E-state index contributed by atoms with van der Waals surface area (Å²) in [7, 11) is 3.65. The first-order chi connectivity index (χ1) is 23.1. The molecule has 5 rings (SSSR count). The number of allylic oxidation sites excluding steroid dienone is 1. The fraction of sp³-hybridized carbons (Fsp3) is 0.829. The number of fused-ring (bicyclic) bond motifs is 7. The van der Waals surface area contributed by atoms with Crippen LogP contribution in [0.25, 0.3) is 0 Å². The van der Waals surface area contributed by atoms with E-state index in [4.69, 9.17) is 4.74 Å². The van der Waals surface area contributed by atoms with Crippen LogP contribution in [0.15, 0.2) is 11.1 Å².